The van der Waals surface area contributed by atoms with E-state index in [1.807, 2.05) is 72.8 Å². The van der Waals surface area contributed by atoms with Crippen molar-refractivity contribution in [2.24, 2.45) is 0 Å². The molecule has 0 unspecified atom stereocenters. The molecule has 0 spiro atoms. The molecule has 4 rings (SSSR count). The molecular formula is C20H18N4OS. The van der Waals surface area contributed by atoms with Crippen LogP contribution >= 0.6 is 11.8 Å². The van der Waals surface area contributed by atoms with Gasteiger partial charge in [-0.3, -0.25) is 4.40 Å². The highest BCUT2D eigenvalue weighted by atomic mass is 32.2. The van der Waals surface area contributed by atoms with Crippen LogP contribution in [0.1, 0.15) is 17.0 Å². The maximum Gasteiger partial charge on any atom is 0.256 e. The van der Waals surface area contributed by atoms with Gasteiger partial charge in [-0.25, -0.2) is 4.98 Å². The molecule has 4 aromatic rings. The van der Waals surface area contributed by atoms with Crippen molar-refractivity contribution in [3.63, 3.8) is 0 Å². The molecule has 26 heavy (non-hydrogen) atoms. The second-order valence-electron chi connectivity index (χ2n) is 5.97. The number of benzene rings is 2. The Kier molecular flexibility index (Phi) is 4.58. The van der Waals surface area contributed by atoms with Crippen molar-refractivity contribution in [3.8, 4) is 11.5 Å². The number of aromatic nitrogens is 4. The third kappa shape index (κ3) is 3.41. The molecule has 0 N–H and O–H groups in total. The SMILES string of the molecule is Cc1cc(C)n2c(SCc3ccccc3Oc3ccccc3)nnc2n1. The molecule has 6 heteroatoms. The number of para-hydroxylation sites is 2. The van der Waals surface area contributed by atoms with E-state index in [-0.39, 0.29) is 0 Å². The molecule has 5 nitrogen and oxygen atoms in total. The van der Waals surface area contributed by atoms with E-state index >= 15 is 0 Å². The van der Waals surface area contributed by atoms with E-state index in [1.54, 1.807) is 11.8 Å². The standard InChI is InChI=1S/C20H18N4OS/c1-14-12-15(2)24-19(21-14)22-23-20(24)26-13-16-8-6-7-11-18(16)25-17-9-4-3-5-10-17/h3-12H,13H2,1-2H3. The van der Waals surface area contributed by atoms with Gasteiger partial charge in [-0.1, -0.05) is 48.2 Å². The van der Waals surface area contributed by atoms with Crippen LogP contribution in [0.4, 0.5) is 0 Å². The van der Waals surface area contributed by atoms with Crippen molar-refractivity contribution in [1.29, 1.82) is 0 Å². The summed E-state index contributed by atoms with van der Waals surface area (Å²) in [7, 11) is 0. The number of thioether (sulfide) groups is 1. The van der Waals surface area contributed by atoms with Crippen LogP contribution in [-0.4, -0.2) is 19.6 Å². The van der Waals surface area contributed by atoms with Gasteiger partial charge in [0.05, 0.1) is 0 Å². The lowest BCUT2D eigenvalue weighted by atomic mass is 10.2. The minimum Gasteiger partial charge on any atom is -0.457 e. The lowest BCUT2D eigenvalue weighted by Crippen LogP contribution is -1.98. The van der Waals surface area contributed by atoms with Crippen LogP contribution in [0, 0.1) is 13.8 Å². The van der Waals surface area contributed by atoms with E-state index in [0.717, 1.165) is 39.4 Å². The summed E-state index contributed by atoms with van der Waals surface area (Å²) in [5, 5.41) is 9.32. The molecule has 0 saturated heterocycles. The van der Waals surface area contributed by atoms with Crippen LogP contribution in [0.5, 0.6) is 11.5 Å². The summed E-state index contributed by atoms with van der Waals surface area (Å²) in [4.78, 5) is 4.44. The fourth-order valence-electron chi connectivity index (χ4n) is 2.77. The number of ether oxygens (including phenoxy) is 1. The smallest absolute Gasteiger partial charge is 0.256 e. The van der Waals surface area contributed by atoms with E-state index in [1.165, 1.54) is 0 Å². The van der Waals surface area contributed by atoms with Gasteiger partial charge in [0.15, 0.2) is 5.16 Å². The van der Waals surface area contributed by atoms with Gasteiger partial charge in [-0.2, -0.15) is 0 Å². The Bertz CT molecular complexity index is 1050. The largest absolute Gasteiger partial charge is 0.457 e. The number of rotatable bonds is 5. The quantitative estimate of drug-likeness (QED) is 0.476. The fraction of sp³-hybridized carbons (Fsp3) is 0.150. The molecule has 2 heterocycles. The Morgan fingerprint density at radius 3 is 2.58 bits per heavy atom. The van der Waals surface area contributed by atoms with Crippen LogP contribution in [0.2, 0.25) is 0 Å². The van der Waals surface area contributed by atoms with Crippen LogP contribution in [0.25, 0.3) is 5.78 Å². The zero-order chi connectivity index (χ0) is 17.9. The molecular weight excluding hydrogens is 344 g/mol. The molecule has 0 aliphatic heterocycles. The van der Waals surface area contributed by atoms with E-state index in [2.05, 4.69) is 21.2 Å². The molecule has 0 radical (unpaired) electrons. The van der Waals surface area contributed by atoms with Crippen molar-refractivity contribution in [2.45, 2.75) is 24.8 Å². The normalized spacial score (nSPS) is 11.0. The first kappa shape index (κ1) is 16.6. The first-order valence-corrected chi connectivity index (χ1v) is 9.32. The average molecular weight is 362 g/mol. The van der Waals surface area contributed by atoms with Crippen LogP contribution in [-0.2, 0) is 5.75 Å². The minimum atomic E-state index is 0.638. The molecule has 2 aromatic carbocycles. The zero-order valence-corrected chi connectivity index (χ0v) is 15.4. The summed E-state index contributed by atoms with van der Waals surface area (Å²) in [6.45, 7) is 4.01. The van der Waals surface area contributed by atoms with Crippen LogP contribution in [0.15, 0.2) is 65.8 Å². The highest BCUT2D eigenvalue weighted by molar-refractivity contribution is 7.98. The fourth-order valence-corrected chi connectivity index (χ4v) is 3.75. The third-order valence-electron chi connectivity index (χ3n) is 3.96. The van der Waals surface area contributed by atoms with E-state index in [0.29, 0.717) is 5.78 Å². The van der Waals surface area contributed by atoms with Gasteiger partial charge in [-0.05, 0) is 38.1 Å². The Labute approximate surface area is 156 Å². The molecule has 2 aromatic heterocycles. The average Bonchev–Trinajstić information content (AvgIpc) is 3.05. The first-order chi connectivity index (χ1) is 12.7. The van der Waals surface area contributed by atoms with Gasteiger partial charge in [0.25, 0.3) is 5.78 Å². The van der Waals surface area contributed by atoms with Crippen molar-refractivity contribution >= 4 is 17.5 Å². The highest BCUT2D eigenvalue weighted by Gasteiger charge is 2.12. The molecule has 0 aliphatic carbocycles. The van der Waals surface area contributed by atoms with E-state index in [4.69, 9.17) is 4.74 Å². The molecule has 0 aliphatic rings. The Balaban J connectivity index is 1.57. The van der Waals surface area contributed by atoms with Crippen LogP contribution in [0.3, 0.4) is 0 Å². The number of hydrogen-bond acceptors (Lipinski definition) is 5. The van der Waals surface area contributed by atoms with E-state index < -0.39 is 0 Å². The Hall–Kier alpha value is -2.86. The molecule has 0 fully saturated rings. The van der Waals surface area contributed by atoms with Gasteiger partial charge >= 0.3 is 0 Å². The van der Waals surface area contributed by atoms with Gasteiger partial charge < -0.3 is 4.74 Å². The summed E-state index contributed by atoms with van der Waals surface area (Å²) < 4.78 is 8.02. The minimum absolute atomic E-state index is 0.638. The predicted molar refractivity (Wildman–Crippen MR) is 103 cm³/mol. The van der Waals surface area contributed by atoms with E-state index in [9.17, 15) is 0 Å². The molecule has 0 bridgehead atoms. The summed E-state index contributed by atoms with van der Waals surface area (Å²) in [5.74, 6) is 3.05. The van der Waals surface area contributed by atoms with Crippen molar-refractivity contribution in [2.75, 3.05) is 0 Å². The van der Waals surface area contributed by atoms with Gasteiger partial charge in [0.2, 0.25) is 0 Å². The van der Waals surface area contributed by atoms with Gasteiger partial charge in [0, 0.05) is 22.7 Å². The summed E-state index contributed by atoms with van der Waals surface area (Å²) >= 11 is 1.62. The Morgan fingerprint density at radius 1 is 0.962 bits per heavy atom. The summed E-state index contributed by atoms with van der Waals surface area (Å²) in [5.41, 5.74) is 3.13. The molecule has 0 amide bonds. The maximum absolute atomic E-state index is 6.04. The number of fused-ring (bicyclic) bond motifs is 1. The molecule has 130 valence electrons. The number of hydrogen-bond donors (Lipinski definition) is 0. The van der Waals surface area contributed by atoms with Gasteiger partial charge in [-0.15, -0.1) is 10.2 Å². The first-order valence-electron chi connectivity index (χ1n) is 8.34. The zero-order valence-electron chi connectivity index (χ0n) is 14.6. The van der Waals surface area contributed by atoms with Crippen LogP contribution < -0.4 is 4.74 Å². The molecule has 0 atom stereocenters. The number of nitrogens with zero attached hydrogens (tertiary/aromatic N) is 4. The van der Waals surface area contributed by atoms with Gasteiger partial charge in [0.1, 0.15) is 11.5 Å². The van der Waals surface area contributed by atoms with Crippen molar-refractivity contribution in [1.82, 2.24) is 19.6 Å². The highest BCUT2D eigenvalue weighted by Crippen LogP contribution is 2.30. The second kappa shape index (κ2) is 7.17. The summed E-state index contributed by atoms with van der Waals surface area (Å²) in [6, 6.07) is 19.9. The number of aryl methyl sites for hydroxylation is 2. The summed E-state index contributed by atoms with van der Waals surface area (Å²) in [6.07, 6.45) is 0. The second-order valence-corrected chi connectivity index (χ2v) is 6.91. The van der Waals surface area contributed by atoms with Crippen molar-refractivity contribution < 1.29 is 4.74 Å². The molecule has 0 saturated carbocycles. The monoisotopic (exact) mass is 362 g/mol. The topological polar surface area (TPSA) is 52.3 Å². The third-order valence-corrected chi connectivity index (χ3v) is 4.94. The lowest BCUT2D eigenvalue weighted by Gasteiger charge is -2.10. The van der Waals surface area contributed by atoms with Crippen molar-refractivity contribution in [3.05, 3.63) is 77.6 Å². The lowest BCUT2D eigenvalue weighted by molar-refractivity contribution is 0.478. The maximum atomic E-state index is 6.04. The predicted octanol–water partition coefficient (Wildman–Crippen LogP) is 4.83. The Morgan fingerprint density at radius 2 is 1.73 bits per heavy atom.